The maximum absolute atomic E-state index is 11.6. The molecule has 0 atom stereocenters. The second kappa shape index (κ2) is 5.43. The Kier molecular flexibility index (Phi) is 5.30. The van der Waals surface area contributed by atoms with Gasteiger partial charge in [0.05, 0.1) is 4.32 Å². The maximum atomic E-state index is 11.6. The number of hydrogen-bond acceptors (Lipinski definition) is 1. The molecule has 0 rings (SSSR count). The van der Waals surface area contributed by atoms with Gasteiger partial charge in [0.2, 0.25) is 5.91 Å². The fourth-order valence-electron chi connectivity index (χ4n) is 1.03. The van der Waals surface area contributed by atoms with E-state index in [2.05, 4.69) is 22.5 Å². The van der Waals surface area contributed by atoms with E-state index in [9.17, 15) is 4.79 Å². The first-order chi connectivity index (χ1) is 5.89. The summed E-state index contributed by atoms with van der Waals surface area (Å²) in [4.78, 5) is 13.4. The van der Waals surface area contributed by atoms with Crippen LogP contribution in [0, 0.1) is 0 Å². The molecule has 0 saturated carbocycles. The predicted octanol–water partition coefficient (Wildman–Crippen LogP) is 2.58. The third-order valence-corrected chi connectivity index (χ3v) is 2.10. The minimum Gasteiger partial charge on any atom is -0.345 e. The number of carbonyl (C=O) groups excluding carboxylic acids is 1. The molecule has 3 heteroatoms. The molecule has 0 aliphatic rings. The number of amides is 1. The van der Waals surface area contributed by atoms with E-state index in [0.717, 1.165) is 19.4 Å². The molecule has 13 heavy (non-hydrogen) atoms. The summed E-state index contributed by atoms with van der Waals surface area (Å²) in [6, 6.07) is 0. The quantitative estimate of drug-likeness (QED) is 0.416. The number of carbonyl (C=O) groups is 1. The van der Waals surface area contributed by atoms with E-state index in [1.54, 1.807) is 4.90 Å². The van der Waals surface area contributed by atoms with E-state index in [1.807, 2.05) is 27.0 Å². The Bertz CT molecular complexity index is 184. The van der Waals surface area contributed by atoms with Crippen molar-refractivity contribution in [2.75, 3.05) is 13.6 Å². The molecule has 0 radical (unpaired) electrons. The van der Waals surface area contributed by atoms with Crippen molar-refractivity contribution >= 4 is 21.8 Å². The molecule has 0 aromatic heterocycles. The van der Waals surface area contributed by atoms with Crippen LogP contribution >= 0.6 is 15.9 Å². The maximum Gasteiger partial charge on any atom is 0.238 e. The number of unbranched alkanes of at least 4 members (excludes halogenated alkanes) is 1. The van der Waals surface area contributed by atoms with Gasteiger partial charge in [-0.05, 0) is 26.7 Å². The van der Waals surface area contributed by atoms with Crippen LogP contribution in [0.5, 0.6) is 0 Å². The van der Waals surface area contributed by atoms with Crippen LogP contribution in [0.3, 0.4) is 0 Å². The Morgan fingerprint density at radius 1 is 1.62 bits per heavy atom. The van der Waals surface area contributed by atoms with E-state index in [1.165, 1.54) is 0 Å². The summed E-state index contributed by atoms with van der Waals surface area (Å²) in [6.07, 6.45) is 3.81. The molecule has 0 spiro atoms. The molecule has 0 aliphatic heterocycles. The first-order valence-corrected chi connectivity index (χ1v) is 5.24. The van der Waals surface area contributed by atoms with Crippen LogP contribution in [0.2, 0.25) is 0 Å². The molecule has 76 valence electrons. The minimum atomic E-state index is -0.448. The van der Waals surface area contributed by atoms with E-state index >= 15 is 0 Å². The summed E-state index contributed by atoms with van der Waals surface area (Å²) in [6.45, 7) is 8.15. The van der Waals surface area contributed by atoms with E-state index in [4.69, 9.17) is 0 Å². The average Bonchev–Trinajstić information content (AvgIpc) is 2.01. The second-order valence-corrected chi connectivity index (χ2v) is 5.61. The van der Waals surface area contributed by atoms with Crippen LogP contribution in [0.4, 0.5) is 0 Å². The van der Waals surface area contributed by atoms with Crippen molar-refractivity contribution in [2.24, 2.45) is 0 Å². The molecular weight excluding hydrogens is 230 g/mol. The number of hydrogen-bond donors (Lipinski definition) is 0. The van der Waals surface area contributed by atoms with E-state index < -0.39 is 4.32 Å². The largest absolute Gasteiger partial charge is 0.345 e. The van der Waals surface area contributed by atoms with Crippen LogP contribution in [-0.2, 0) is 4.79 Å². The number of rotatable bonds is 5. The van der Waals surface area contributed by atoms with E-state index in [-0.39, 0.29) is 5.91 Å². The lowest BCUT2D eigenvalue weighted by molar-refractivity contribution is -0.131. The van der Waals surface area contributed by atoms with Crippen LogP contribution in [0.1, 0.15) is 26.7 Å². The van der Waals surface area contributed by atoms with Gasteiger partial charge in [-0.25, -0.2) is 0 Å². The van der Waals surface area contributed by atoms with Crippen LogP contribution in [-0.4, -0.2) is 28.7 Å². The highest BCUT2D eigenvalue weighted by molar-refractivity contribution is 9.10. The third kappa shape index (κ3) is 5.09. The Morgan fingerprint density at radius 2 is 2.15 bits per heavy atom. The highest BCUT2D eigenvalue weighted by Crippen LogP contribution is 2.18. The highest BCUT2D eigenvalue weighted by Gasteiger charge is 2.26. The lowest BCUT2D eigenvalue weighted by Gasteiger charge is -2.24. The molecule has 0 aromatic carbocycles. The van der Waals surface area contributed by atoms with Gasteiger partial charge in [-0.1, -0.05) is 22.0 Å². The SMILES string of the molecule is C=CCCCN(C)C(=O)C(C)(C)Br. The van der Waals surface area contributed by atoms with Crippen molar-refractivity contribution < 1.29 is 4.79 Å². The zero-order valence-corrected chi connectivity index (χ0v) is 10.2. The Morgan fingerprint density at radius 3 is 2.54 bits per heavy atom. The van der Waals surface area contributed by atoms with Crippen LogP contribution in [0.25, 0.3) is 0 Å². The molecule has 2 nitrogen and oxygen atoms in total. The standard InChI is InChI=1S/C10H18BrNO/c1-5-6-7-8-12(4)9(13)10(2,3)11/h5H,1,6-8H2,2-4H3. The molecule has 1 amide bonds. The van der Waals surface area contributed by atoms with Crippen molar-refractivity contribution in [1.82, 2.24) is 4.90 Å². The van der Waals surface area contributed by atoms with Gasteiger partial charge in [0.25, 0.3) is 0 Å². The first-order valence-electron chi connectivity index (χ1n) is 4.45. The molecule has 0 aliphatic carbocycles. The monoisotopic (exact) mass is 247 g/mol. The van der Waals surface area contributed by atoms with Crippen LogP contribution in [0.15, 0.2) is 12.7 Å². The summed E-state index contributed by atoms with van der Waals surface area (Å²) >= 11 is 3.34. The second-order valence-electron chi connectivity index (χ2n) is 3.63. The van der Waals surface area contributed by atoms with Crippen LogP contribution < -0.4 is 0 Å². The smallest absolute Gasteiger partial charge is 0.238 e. The Balaban J connectivity index is 3.90. The fourth-order valence-corrected chi connectivity index (χ4v) is 1.33. The number of alkyl halides is 1. The van der Waals surface area contributed by atoms with Gasteiger partial charge in [0.15, 0.2) is 0 Å². The number of halogens is 1. The Labute approximate surface area is 89.1 Å². The van der Waals surface area contributed by atoms with Crippen molar-refractivity contribution in [1.29, 1.82) is 0 Å². The van der Waals surface area contributed by atoms with Gasteiger partial charge in [-0.2, -0.15) is 0 Å². The van der Waals surface area contributed by atoms with Crippen molar-refractivity contribution in [3.05, 3.63) is 12.7 Å². The molecular formula is C10H18BrNO. The van der Waals surface area contributed by atoms with Gasteiger partial charge < -0.3 is 4.90 Å². The summed E-state index contributed by atoms with van der Waals surface area (Å²) in [5, 5.41) is 0. The summed E-state index contributed by atoms with van der Waals surface area (Å²) in [5.41, 5.74) is 0. The van der Waals surface area contributed by atoms with Gasteiger partial charge in [-0.3, -0.25) is 4.79 Å². The summed E-state index contributed by atoms with van der Waals surface area (Å²) in [7, 11) is 1.83. The zero-order chi connectivity index (χ0) is 10.5. The molecule has 0 fully saturated rings. The minimum absolute atomic E-state index is 0.122. The number of nitrogens with zero attached hydrogens (tertiary/aromatic N) is 1. The van der Waals surface area contributed by atoms with Gasteiger partial charge >= 0.3 is 0 Å². The van der Waals surface area contributed by atoms with Crippen molar-refractivity contribution in [3.63, 3.8) is 0 Å². The highest BCUT2D eigenvalue weighted by atomic mass is 79.9. The molecule has 0 unspecified atom stereocenters. The summed E-state index contributed by atoms with van der Waals surface area (Å²) in [5.74, 6) is 0.122. The molecule has 0 heterocycles. The predicted molar refractivity (Wildman–Crippen MR) is 60.1 cm³/mol. The first kappa shape index (κ1) is 12.7. The topological polar surface area (TPSA) is 20.3 Å². The van der Waals surface area contributed by atoms with Crippen molar-refractivity contribution in [3.8, 4) is 0 Å². The molecule has 0 bridgehead atoms. The Hall–Kier alpha value is -0.310. The third-order valence-electron chi connectivity index (χ3n) is 1.76. The van der Waals surface area contributed by atoms with Crippen molar-refractivity contribution in [2.45, 2.75) is 31.0 Å². The molecule has 0 aromatic rings. The lowest BCUT2D eigenvalue weighted by Crippen LogP contribution is -2.39. The van der Waals surface area contributed by atoms with E-state index in [0.29, 0.717) is 0 Å². The summed E-state index contributed by atoms with van der Waals surface area (Å²) < 4.78 is -0.448. The van der Waals surface area contributed by atoms with Gasteiger partial charge in [-0.15, -0.1) is 6.58 Å². The van der Waals surface area contributed by atoms with Gasteiger partial charge in [0.1, 0.15) is 0 Å². The number of allylic oxidation sites excluding steroid dienone is 1. The average molecular weight is 248 g/mol. The zero-order valence-electron chi connectivity index (χ0n) is 8.64. The normalized spacial score (nSPS) is 11.1. The molecule has 0 N–H and O–H groups in total. The lowest BCUT2D eigenvalue weighted by atomic mass is 10.2. The molecule has 0 saturated heterocycles. The fraction of sp³-hybridized carbons (Fsp3) is 0.700. The van der Waals surface area contributed by atoms with Gasteiger partial charge in [0, 0.05) is 13.6 Å².